The molecule has 0 N–H and O–H groups in total. The van der Waals surface area contributed by atoms with Crippen molar-refractivity contribution >= 4 is 11.3 Å². The molecule has 3 heterocycles. The summed E-state index contributed by atoms with van der Waals surface area (Å²) in [4.78, 5) is 9.80. The summed E-state index contributed by atoms with van der Waals surface area (Å²) >= 11 is 1.79. The van der Waals surface area contributed by atoms with Gasteiger partial charge in [0.05, 0.1) is 6.54 Å². The fraction of sp³-hybridized carbons (Fsp3) is 0.812. The van der Waals surface area contributed by atoms with E-state index in [1.165, 1.54) is 56.9 Å². The van der Waals surface area contributed by atoms with Gasteiger partial charge in [0.25, 0.3) is 0 Å². The topological polar surface area (TPSA) is 19.4 Å². The zero-order chi connectivity index (χ0) is 14.0. The molecule has 1 spiro atoms. The van der Waals surface area contributed by atoms with E-state index in [9.17, 15) is 0 Å². The average molecular weight is 293 g/mol. The van der Waals surface area contributed by atoms with Crippen molar-refractivity contribution in [3.05, 3.63) is 16.6 Å². The fourth-order valence-corrected chi connectivity index (χ4v) is 4.56. The molecule has 4 heteroatoms. The fourth-order valence-electron chi connectivity index (χ4n) is 3.90. The molecule has 2 saturated heterocycles. The van der Waals surface area contributed by atoms with Gasteiger partial charge in [-0.1, -0.05) is 6.92 Å². The Hall–Kier alpha value is -0.450. The van der Waals surface area contributed by atoms with E-state index in [1.807, 2.05) is 6.20 Å². The Morgan fingerprint density at radius 1 is 1.35 bits per heavy atom. The van der Waals surface area contributed by atoms with Gasteiger partial charge < -0.3 is 4.90 Å². The SMILES string of the molecule is CC[C@H](C)N1CC[C@]2(CCCN(Cc3nccs3)C2)C1. The minimum atomic E-state index is 0.568. The Morgan fingerprint density at radius 3 is 3.00 bits per heavy atom. The summed E-state index contributed by atoms with van der Waals surface area (Å²) in [6.07, 6.45) is 7.39. The van der Waals surface area contributed by atoms with Crippen molar-refractivity contribution in [2.45, 2.75) is 52.1 Å². The highest BCUT2D eigenvalue weighted by atomic mass is 32.1. The van der Waals surface area contributed by atoms with Gasteiger partial charge in [0, 0.05) is 30.7 Å². The number of nitrogens with zero attached hydrogens (tertiary/aromatic N) is 3. The molecule has 0 saturated carbocycles. The summed E-state index contributed by atoms with van der Waals surface area (Å²) in [6.45, 7) is 10.9. The molecular weight excluding hydrogens is 266 g/mol. The molecular formula is C16H27N3S. The van der Waals surface area contributed by atoms with Crippen LogP contribution in [-0.2, 0) is 6.54 Å². The van der Waals surface area contributed by atoms with E-state index in [-0.39, 0.29) is 0 Å². The van der Waals surface area contributed by atoms with Crippen LogP contribution >= 0.6 is 11.3 Å². The summed E-state index contributed by atoms with van der Waals surface area (Å²) in [6, 6.07) is 0.753. The first kappa shape index (κ1) is 14.5. The molecule has 0 aliphatic carbocycles. The normalized spacial score (nSPS) is 30.1. The average Bonchev–Trinajstić information content (AvgIpc) is 3.09. The molecule has 3 nitrogen and oxygen atoms in total. The van der Waals surface area contributed by atoms with E-state index in [4.69, 9.17) is 0 Å². The van der Waals surface area contributed by atoms with Crippen LogP contribution in [0.4, 0.5) is 0 Å². The third kappa shape index (κ3) is 3.07. The van der Waals surface area contributed by atoms with Crippen molar-refractivity contribution in [1.82, 2.24) is 14.8 Å². The zero-order valence-electron chi connectivity index (χ0n) is 12.8. The molecule has 2 atom stereocenters. The minimum absolute atomic E-state index is 0.568. The lowest BCUT2D eigenvalue weighted by Gasteiger charge is -2.40. The molecule has 0 bridgehead atoms. The van der Waals surface area contributed by atoms with Crippen molar-refractivity contribution in [3.63, 3.8) is 0 Å². The highest BCUT2D eigenvalue weighted by molar-refractivity contribution is 7.09. The molecule has 112 valence electrons. The van der Waals surface area contributed by atoms with Gasteiger partial charge in [0.1, 0.15) is 5.01 Å². The first-order chi connectivity index (χ1) is 9.71. The second-order valence-corrected chi connectivity index (χ2v) is 7.70. The number of piperidine rings is 1. The number of hydrogen-bond acceptors (Lipinski definition) is 4. The molecule has 3 rings (SSSR count). The number of thiazole rings is 1. The monoisotopic (exact) mass is 293 g/mol. The van der Waals surface area contributed by atoms with E-state index >= 15 is 0 Å². The van der Waals surface area contributed by atoms with Crippen LogP contribution < -0.4 is 0 Å². The Bertz CT molecular complexity index is 419. The zero-order valence-corrected chi connectivity index (χ0v) is 13.7. The smallest absolute Gasteiger partial charge is 0.107 e. The number of likely N-dealkylation sites (tertiary alicyclic amines) is 2. The molecule has 1 aromatic rings. The Kier molecular flexibility index (Phi) is 4.43. The van der Waals surface area contributed by atoms with Gasteiger partial charge in [-0.15, -0.1) is 11.3 Å². The van der Waals surface area contributed by atoms with Gasteiger partial charge in [-0.3, -0.25) is 4.90 Å². The number of rotatable bonds is 4. The lowest BCUT2D eigenvalue weighted by Crippen LogP contribution is -2.45. The van der Waals surface area contributed by atoms with Gasteiger partial charge in [-0.25, -0.2) is 4.98 Å². The van der Waals surface area contributed by atoms with Crippen molar-refractivity contribution in [2.75, 3.05) is 26.2 Å². The maximum atomic E-state index is 4.45. The molecule has 0 aromatic carbocycles. The van der Waals surface area contributed by atoms with Crippen molar-refractivity contribution in [1.29, 1.82) is 0 Å². The summed E-state index contributed by atoms with van der Waals surface area (Å²) in [7, 11) is 0. The van der Waals surface area contributed by atoms with Crippen LogP contribution in [0.3, 0.4) is 0 Å². The van der Waals surface area contributed by atoms with Crippen molar-refractivity contribution < 1.29 is 0 Å². The lowest BCUT2D eigenvalue weighted by atomic mass is 9.79. The largest absolute Gasteiger partial charge is 0.300 e. The number of hydrogen-bond donors (Lipinski definition) is 0. The first-order valence-corrected chi connectivity index (χ1v) is 8.93. The molecule has 2 aliphatic heterocycles. The van der Waals surface area contributed by atoms with Crippen molar-refractivity contribution in [2.24, 2.45) is 5.41 Å². The molecule has 2 fully saturated rings. The first-order valence-electron chi connectivity index (χ1n) is 8.05. The predicted molar refractivity (Wildman–Crippen MR) is 85.0 cm³/mol. The maximum Gasteiger partial charge on any atom is 0.107 e. The summed E-state index contributed by atoms with van der Waals surface area (Å²) < 4.78 is 0. The van der Waals surface area contributed by atoms with Gasteiger partial charge in [0.15, 0.2) is 0 Å². The van der Waals surface area contributed by atoms with E-state index < -0.39 is 0 Å². The molecule has 0 unspecified atom stereocenters. The highest BCUT2D eigenvalue weighted by Gasteiger charge is 2.42. The lowest BCUT2D eigenvalue weighted by molar-refractivity contribution is 0.0823. The van der Waals surface area contributed by atoms with Crippen LogP contribution in [0.5, 0.6) is 0 Å². The second-order valence-electron chi connectivity index (χ2n) is 6.72. The molecule has 0 radical (unpaired) electrons. The number of aromatic nitrogens is 1. The molecule has 2 aliphatic rings. The quantitative estimate of drug-likeness (QED) is 0.849. The highest BCUT2D eigenvalue weighted by Crippen LogP contribution is 2.40. The molecule has 1 aromatic heterocycles. The minimum Gasteiger partial charge on any atom is -0.300 e. The van der Waals surface area contributed by atoms with Gasteiger partial charge >= 0.3 is 0 Å². The Balaban J connectivity index is 1.60. The van der Waals surface area contributed by atoms with E-state index in [0.717, 1.165) is 12.6 Å². The van der Waals surface area contributed by atoms with Crippen LogP contribution in [0.25, 0.3) is 0 Å². The Labute approximate surface area is 127 Å². The standard InChI is InChI=1S/C16H27N3S/c1-3-14(2)19-9-6-16(13-19)5-4-8-18(12-16)11-15-17-7-10-20-15/h7,10,14H,3-6,8-9,11-13H2,1-2H3/t14-,16-/m0/s1. The van der Waals surface area contributed by atoms with Crippen LogP contribution in [0.2, 0.25) is 0 Å². The van der Waals surface area contributed by atoms with Gasteiger partial charge in [-0.05, 0) is 51.1 Å². The van der Waals surface area contributed by atoms with E-state index in [1.54, 1.807) is 11.3 Å². The molecule has 20 heavy (non-hydrogen) atoms. The van der Waals surface area contributed by atoms with Gasteiger partial charge in [-0.2, -0.15) is 0 Å². The predicted octanol–water partition coefficient (Wildman–Crippen LogP) is 3.23. The van der Waals surface area contributed by atoms with Crippen LogP contribution in [0.1, 0.15) is 44.5 Å². The Morgan fingerprint density at radius 2 is 2.25 bits per heavy atom. The van der Waals surface area contributed by atoms with Crippen LogP contribution in [0.15, 0.2) is 11.6 Å². The van der Waals surface area contributed by atoms with Crippen molar-refractivity contribution in [3.8, 4) is 0 Å². The third-order valence-corrected chi connectivity index (χ3v) is 6.03. The summed E-state index contributed by atoms with van der Waals surface area (Å²) in [5, 5.41) is 3.37. The second kappa shape index (κ2) is 6.12. The summed E-state index contributed by atoms with van der Waals surface area (Å²) in [5.41, 5.74) is 0.568. The van der Waals surface area contributed by atoms with E-state index in [0.29, 0.717) is 5.41 Å². The third-order valence-electron chi connectivity index (χ3n) is 5.26. The van der Waals surface area contributed by atoms with Gasteiger partial charge in [0.2, 0.25) is 0 Å². The summed E-state index contributed by atoms with van der Waals surface area (Å²) in [5.74, 6) is 0. The molecule has 0 amide bonds. The van der Waals surface area contributed by atoms with E-state index in [2.05, 4.69) is 34.0 Å². The van der Waals surface area contributed by atoms with Crippen LogP contribution in [0, 0.1) is 5.41 Å². The van der Waals surface area contributed by atoms with Crippen LogP contribution in [-0.4, -0.2) is 47.0 Å². The maximum absolute atomic E-state index is 4.45.